The number of fused-ring (bicyclic) bond motifs is 1. The fourth-order valence-electron chi connectivity index (χ4n) is 3.22. The summed E-state index contributed by atoms with van der Waals surface area (Å²) in [4.78, 5) is 13.7. The Morgan fingerprint density at radius 2 is 1.68 bits per heavy atom. The van der Waals surface area contributed by atoms with E-state index in [4.69, 9.17) is 0 Å². The number of urea groups is 1. The first-order chi connectivity index (χ1) is 11.6. The normalized spacial score (nSPS) is 20.4. The van der Waals surface area contributed by atoms with Crippen LogP contribution in [0.1, 0.15) is 24.0 Å². The van der Waals surface area contributed by atoms with Crippen LogP contribution in [0, 0.1) is 0 Å². The molecular weight excluding hydrogens is 352 g/mol. The fourth-order valence-corrected chi connectivity index (χ4v) is 3.22. The van der Waals surface area contributed by atoms with Crippen LogP contribution in [0.4, 0.5) is 36.8 Å². The van der Waals surface area contributed by atoms with Gasteiger partial charge in [-0.15, -0.1) is 0 Å². The van der Waals surface area contributed by atoms with Gasteiger partial charge in [0.15, 0.2) is 0 Å². The molecule has 0 bridgehead atoms. The van der Waals surface area contributed by atoms with Crippen molar-refractivity contribution in [2.24, 2.45) is 0 Å². The zero-order chi connectivity index (χ0) is 18.4. The summed E-state index contributed by atoms with van der Waals surface area (Å²) in [7, 11) is 0. The molecule has 0 unspecified atom stereocenters. The number of carbonyl (C=O) groups excluding carboxylic acids is 1. The molecule has 0 spiro atoms. The monoisotopic (exact) mass is 367 g/mol. The van der Waals surface area contributed by atoms with Gasteiger partial charge in [0.25, 0.3) is 0 Å². The highest BCUT2D eigenvalue weighted by molar-refractivity contribution is 5.95. The first kappa shape index (κ1) is 17.8. The van der Waals surface area contributed by atoms with Gasteiger partial charge in [0.2, 0.25) is 0 Å². The van der Waals surface area contributed by atoms with Crippen LogP contribution in [0.2, 0.25) is 0 Å². The number of hydrogen-bond acceptors (Lipinski definition) is 2. The van der Waals surface area contributed by atoms with Crippen LogP contribution in [0.3, 0.4) is 0 Å². The van der Waals surface area contributed by atoms with Crippen LogP contribution in [0.15, 0.2) is 18.2 Å². The summed E-state index contributed by atoms with van der Waals surface area (Å²) in [5, 5.41) is 2.56. The minimum absolute atomic E-state index is 0.0304. The van der Waals surface area contributed by atoms with Crippen molar-refractivity contribution in [1.82, 2.24) is 10.2 Å². The van der Waals surface area contributed by atoms with E-state index >= 15 is 0 Å². The smallest absolute Gasteiger partial charge is 0.334 e. The standard InChI is InChI=1S/C15H15F6N3O/c16-14(17,18)10-2-1-9-8-22-13(25)24(12(9)7-10)11-3-5-23(6-4-11)15(19,20)21/h1-2,7,11H,3-6,8H2,(H,22,25). The van der Waals surface area contributed by atoms with E-state index < -0.39 is 30.1 Å². The summed E-state index contributed by atoms with van der Waals surface area (Å²) in [5.74, 6) is 0. The third-order valence-corrected chi connectivity index (χ3v) is 4.51. The molecule has 1 aromatic rings. The Labute approximate surface area is 139 Å². The number of carbonyl (C=O) groups is 1. The van der Waals surface area contributed by atoms with Gasteiger partial charge in [0, 0.05) is 25.7 Å². The van der Waals surface area contributed by atoms with E-state index in [1.807, 2.05) is 0 Å². The number of nitrogens with one attached hydrogen (secondary N) is 1. The fraction of sp³-hybridized carbons (Fsp3) is 0.533. The minimum Gasteiger partial charge on any atom is -0.334 e. The summed E-state index contributed by atoms with van der Waals surface area (Å²) >= 11 is 0. The number of likely N-dealkylation sites (tertiary alicyclic amines) is 1. The highest BCUT2D eigenvalue weighted by Crippen LogP contribution is 2.37. The van der Waals surface area contributed by atoms with E-state index in [9.17, 15) is 31.1 Å². The predicted molar refractivity (Wildman–Crippen MR) is 76.8 cm³/mol. The van der Waals surface area contributed by atoms with E-state index in [2.05, 4.69) is 5.32 Å². The van der Waals surface area contributed by atoms with Crippen LogP contribution in [-0.2, 0) is 12.7 Å². The molecule has 2 aliphatic rings. The Balaban J connectivity index is 1.87. The molecule has 10 heteroatoms. The molecule has 2 heterocycles. The van der Waals surface area contributed by atoms with E-state index in [1.54, 1.807) is 0 Å². The second kappa shape index (κ2) is 6.08. The lowest BCUT2D eigenvalue weighted by atomic mass is 9.99. The van der Waals surface area contributed by atoms with Crippen LogP contribution >= 0.6 is 0 Å². The van der Waals surface area contributed by atoms with Crippen LogP contribution in [-0.4, -0.2) is 36.4 Å². The Morgan fingerprint density at radius 3 is 2.24 bits per heavy atom. The lowest BCUT2D eigenvalue weighted by molar-refractivity contribution is -0.249. The molecule has 25 heavy (non-hydrogen) atoms. The first-order valence-electron chi connectivity index (χ1n) is 7.66. The third-order valence-electron chi connectivity index (χ3n) is 4.51. The Morgan fingerprint density at radius 1 is 1.04 bits per heavy atom. The van der Waals surface area contributed by atoms with Crippen molar-refractivity contribution >= 4 is 11.7 Å². The number of nitrogens with zero attached hydrogens (tertiary/aromatic N) is 2. The van der Waals surface area contributed by atoms with E-state index in [0.717, 1.165) is 12.1 Å². The number of hydrogen-bond donors (Lipinski definition) is 1. The van der Waals surface area contributed by atoms with E-state index in [0.29, 0.717) is 10.5 Å². The molecule has 0 aliphatic carbocycles. The van der Waals surface area contributed by atoms with Crippen molar-refractivity contribution in [3.8, 4) is 0 Å². The van der Waals surface area contributed by atoms with Crippen LogP contribution in [0.5, 0.6) is 0 Å². The minimum atomic E-state index is -4.56. The molecule has 2 amide bonds. The number of rotatable bonds is 1. The third kappa shape index (κ3) is 3.53. The average molecular weight is 367 g/mol. The SMILES string of the molecule is O=C1NCc2ccc(C(F)(F)F)cc2N1C1CCN(C(F)(F)F)CC1. The molecular formula is C15H15F6N3O. The highest BCUT2D eigenvalue weighted by Gasteiger charge is 2.42. The zero-order valence-electron chi connectivity index (χ0n) is 12.9. The lowest BCUT2D eigenvalue weighted by Gasteiger charge is -2.41. The van der Waals surface area contributed by atoms with Gasteiger partial charge >= 0.3 is 18.5 Å². The summed E-state index contributed by atoms with van der Waals surface area (Å²) in [5.41, 5.74) is -0.270. The van der Waals surface area contributed by atoms with Gasteiger partial charge in [0.05, 0.1) is 11.3 Å². The number of benzene rings is 1. The molecule has 2 aliphatic heterocycles. The first-order valence-corrected chi connectivity index (χ1v) is 7.66. The molecule has 1 saturated heterocycles. The molecule has 0 radical (unpaired) electrons. The Hall–Kier alpha value is -1.97. The van der Waals surface area contributed by atoms with Gasteiger partial charge in [-0.1, -0.05) is 6.07 Å². The van der Waals surface area contributed by atoms with Crippen LogP contribution in [0.25, 0.3) is 0 Å². The Bertz CT molecular complexity index is 664. The van der Waals surface area contributed by atoms with Gasteiger partial charge in [-0.05, 0) is 30.5 Å². The maximum Gasteiger partial charge on any atom is 0.459 e. The summed E-state index contributed by atoms with van der Waals surface area (Å²) in [6.45, 7) is -0.511. The predicted octanol–water partition coefficient (Wildman–Crippen LogP) is 3.72. The second-order valence-corrected chi connectivity index (χ2v) is 6.06. The summed E-state index contributed by atoms with van der Waals surface area (Å²) in [6.07, 6.45) is -8.95. The molecule has 1 aromatic carbocycles. The maximum atomic E-state index is 13.0. The number of piperidine rings is 1. The maximum absolute atomic E-state index is 13.0. The molecule has 1 N–H and O–H groups in total. The van der Waals surface area contributed by atoms with Crippen molar-refractivity contribution < 1.29 is 31.1 Å². The topological polar surface area (TPSA) is 35.6 Å². The molecule has 0 aromatic heterocycles. The second-order valence-electron chi connectivity index (χ2n) is 6.06. The molecule has 3 rings (SSSR count). The van der Waals surface area contributed by atoms with E-state index in [1.165, 1.54) is 11.0 Å². The van der Waals surface area contributed by atoms with E-state index in [-0.39, 0.29) is 38.2 Å². The van der Waals surface area contributed by atoms with Gasteiger partial charge in [-0.2, -0.15) is 26.3 Å². The quantitative estimate of drug-likeness (QED) is 0.607. The van der Waals surface area contributed by atoms with Gasteiger partial charge in [-0.3, -0.25) is 4.90 Å². The molecule has 4 nitrogen and oxygen atoms in total. The number of halogens is 6. The molecule has 0 saturated carbocycles. The van der Waals surface area contributed by atoms with Crippen molar-refractivity contribution in [2.45, 2.75) is 37.9 Å². The summed E-state index contributed by atoms with van der Waals surface area (Å²) in [6, 6.07) is 1.94. The Kier molecular flexibility index (Phi) is 4.34. The lowest BCUT2D eigenvalue weighted by Crippen LogP contribution is -2.55. The number of alkyl halides is 6. The molecule has 138 valence electrons. The number of amides is 2. The van der Waals surface area contributed by atoms with Crippen molar-refractivity contribution in [3.05, 3.63) is 29.3 Å². The zero-order valence-corrected chi connectivity index (χ0v) is 12.9. The van der Waals surface area contributed by atoms with Gasteiger partial charge in [-0.25, -0.2) is 9.69 Å². The average Bonchev–Trinajstić information content (AvgIpc) is 2.52. The van der Waals surface area contributed by atoms with Gasteiger partial charge in [0.1, 0.15) is 0 Å². The molecule has 1 fully saturated rings. The molecule has 0 atom stereocenters. The van der Waals surface area contributed by atoms with Gasteiger partial charge < -0.3 is 5.32 Å². The highest BCUT2D eigenvalue weighted by atomic mass is 19.4. The van der Waals surface area contributed by atoms with Crippen molar-refractivity contribution in [1.29, 1.82) is 0 Å². The van der Waals surface area contributed by atoms with Crippen LogP contribution < -0.4 is 10.2 Å². The van der Waals surface area contributed by atoms with Crippen molar-refractivity contribution in [3.63, 3.8) is 0 Å². The summed E-state index contributed by atoms with van der Waals surface area (Å²) < 4.78 is 77.0. The number of anilines is 1. The van der Waals surface area contributed by atoms with Crippen molar-refractivity contribution in [2.75, 3.05) is 18.0 Å². The largest absolute Gasteiger partial charge is 0.459 e.